The van der Waals surface area contributed by atoms with E-state index in [-0.39, 0.29) is 23.2 Å². The van der Waals surface area contributed by atoms with Gasteiger partial charge in [0.2, 0.25) is 5.91 Å². The minimum Gasteiger partial charge on any atom is -0.467 e. The number of ether oxygens (including phenoxy) is 2. The molecule has 7 N–H and O–H groups in total. The molecule has 2 fully saturated rings. The standard InChI is InChI=1S/C46H71NO11/c1-26(16-19-33(48)42(4,5)55)28-20-21-45(8)29-17-18-32-41(2,3)39(53)31(23-44(32,7)30(29)22-34(49)46(28,45)9)58-36(51)25-43(6,56)24-35(50)47-37(40(54)57-10)38(52)27-14-12-11-13-15-27/h11-15,26,28,31-34,37-39,48-49,52-53,55-56H,16-25H2,1-10H3,(H,47,50). The maximum absolute atomic E-state index is 13.6. The summed E-state index contributed by atoms with van der Waals surface area (Å²) in [6, 6.07) is 6.84. The van der Waals surface area contributed by atoms with Crippen LogP contribution in [0.15, 0.2) is 41.5 Å². The smallest absolute Gasteiger partial charge is 0.331 e. The third-order valence-corrected chi connectivity index (χ3v) is 15.8. The van der Waals surface area contributed by atoms with E-state index < -0.39 is 94.7 Å². The first-order valence-electron chi connectivity index (χ1n) is 21.3. The number of allylic oxidation sites excluding steroid dienone is 1. The Kier molecular flexibility index (Phi) is 13.2. The van der Waals surface area contributed by atoms with Crippen LogP contribution in [0.1, 0.15) is 138 Å². The topological polar surface area (TPSA) is 203 Å². The van der Waals surface area contributed by atoms with Crippen LogP contribution in [0.5, 0.6) is 0 Å². The van der Waals surface area contributed by atoms with Crippen LogP contribution in [-0.2, 0) is 23.9 Å². The fourth-order valence-electron chi connectivity index (χ4n) is 12.2. The summed E-state index contributed by atoms with van der Waals surface area (Å²) >= 11 is 0. The predicted octanol–water partition coefficient (Wildman–Crippen LogP) is 5.06. The third kappa shape index (κ3) is 8.40. The zero-order valence-electron chi connectivity index (χ0n) is 36.4. The van der Waals surface area contributed by atoms with Crippen LogP contribution in [-0.4, -0.2) is 97.3 Å². The van der Waals surface area contributed by atoms with Gasteiger partial charge in [-0.3, -0.25) is 9.59 Å². The molecule has 1 aromatic rings. The van der Waals surface area contributed by atoms with Crippen LogP contribution in [0.4, 0.5) is 0 Å². The number of aliphatic hydroxyl groups is 6. The molecule has 0 aromatic heterocycles. The highest BCUT2D eigenvalue weighted by atomic mass is 16.6. The van der Waals surface area contributed by atoms with Crippen LogP contribution >= 0.6 is 0 Å². The largest absolute Gasteiger partial charge is 0.467 e. The van der Waals surface area contributed by atoms with Crippen molar-refractivity contribution >= 4 is 17.8 Å². The monoisotopic (exact) mass is 814 g/mol. The molecular formula is C46H71NO11. The van der Waals surface area contributed by atoms with Gasteiger partial charge in [0.25, 0.3) is 0 Å². The Morgan fingerprint density at radius 1 is 0.931 bits per heavy atom. The number of rotatable bonds is 14. The number of hydrogen-bond donors (Lipinski definition) is 7. The van der Waals surface area contributed by atoms with Crippen molar-refractivity contribution in [2.24, 2.45) is 39.4 Å². The summed E-state index contributed by atoms with van der Waals surface area (Å²) in [4.78, 5) is 39.3. The number of hydrogen-bond acceptors (Lipinski definition) is 11. The van der Waals surface area contributed by atoms with E-state index in [1.807, 2.05) is 13.8 Å². The second-order valence-corrected chi connectivity index (χ2v) is 20.4. The molecule has 5 rings (SSSR count). The number of carbonyl (C=O) groups is 3. The zero-order chi connectivity index (χ0) is 43.4. The van der Waals surface area contributed by atoms with Crippen LogP contribution in [0.25, 0.3) is 0 Å². The normalized spacial score (nSPS) is 34.9. The first-order valence-corrected chi connectivity index (χ1v) is 21.3. The van der Waals surface area contributed by atoms with E-state index in [2.05, 4.69) is 33.0 Å². The number of nitrogens with one attached hydrogen (secondary N) is 1. The van der Waals surface area contributed by atoms with Crippen molar-refractivity contribution in [2.75, 3.05) is 7.11 Å². The van der Waals surface area contributed by atoms with Gasteiger partial charge in [-0.1, -0.05) is 83.0 Å². The molecule has 58 heavy (non-hydrogen) atoms. The lowest BCUT2D eigenvalue weighted by Crippen LogP contribution is -2.62. The summed E-state index contributed by atoms with van der Waals surface area (Å²) < 4.78 is 10.9. The van der Waals surface area contributed by atoms with E-state index in [1.165, 1.54) is 18.1 Å². The maximum Gasteiger partial charge on any atom is 0.331 e. The van der Waals surface area contributed by atoms with Crippen molar-refractivity contribution in [3.8, 4) is 0 Å². The van der Waals surface area contributed by atoms with Crippen LogP contribution in [0, 0.1) is 39.4 Å². The van der Waals surface area contributed by atoms with E-state index in [4.69, 9.17) is 9.47 Å². The summed E-state index contributed by atoms with van der Waals surface area (Å²) in [5.41, 5.74) is -1.97. The van der Waals surface area contributed by atoms with Crippen molar-refractivity contribution < 1.29 is 54.5 Å². The van der Waals surface area contributed by atoms with Gasteiger partial charge >= 0.3 is 11.9 Å². The van der Waals surface area contributed by atoms with Crippen molar-refractivity contribution in [3.63, 3.8) is 0 Å². The van der Waals surface area contributed by atoms with E-state index in [9.17, 15) is 45.0 Å². The van der Waals surface area contributed by atoms with Crippen molar-refractivity contribution in [1.82, 2.24) is 5.32 Å². The Morgan fingerprint density at radius 2 is 1.57 bits per heavy atom. The summed E-state index contributed by atoms with van der Waals surface area (Å²) in [5.74, 6) is -1.97. The fraction of sp³-hybridized carbons (Fsp3) is 0.761. The Balaban J connectivity index is 1.32. The molecule has 0 bridgehead atoms. The molecule has 12 nitrogen and oxygen atoms in total. The first-order chi connectivity index (χ1) is 26.7. The lowest BCUT2D eigenvalue weighted by atomic mass is 9.42. The highest BCUT2D eigenvalue weighted by molar-refractivity contribution is 5.86. The minimum atomic E-state index is -1.89. The third-order valence-electron chi connectivity index (χ3n) is 15.8. The number of benzene rings is 1. The maximum atomic E-state index is 13.6. The van der Waals surface area contributed by atoms with Gasteiger partial charge in [-0.2, -0.15) is 0 Å². The molecular weight excluding hydrogens is 743 g/mol. The average Bonchev–Trinajstić information content (AvgIpc) is 3.43. The van der Waals surface area contributed by atoms with E-state index in [0.29, 0.717) is 24.8 Å². The van der Waals surface area contributed by atoms with Crippen molar-refractivity contribution in [1.29, 1.82) is 0 Å². The second-order valence-electron chi connectivity index (χ2n) is 20.4. The van der Waals surface area contributed by atoms with Gasteiger partial charge < -0.3 is 45.4 Å². The van der Waals surface area contributed by atoms with Crippen molar-refractivity contribution in [2.45, 2.75) is 174 Å². The number of amides is 1. The Hall–Kier alpha value is -2.87. The molecule has 0 radical (unpaired) electrons. The number of methoxy groups -OCH3 is 1. The molecule has 1 amide bonds. The Bertz CT molecular complexity index is 1700. The molecule has 0 aliphatic heterocycles. The summed E-state index contributed by atoms with van der Waals surface area (Å²) in [7, 11) is 1.13. The molecule has 4 aliphatic rings. The average molecular weight is 814 g/mol. The lowest BCUT2D eigenvalue weighted by Gasteiger charge is -2.64. The molecule has 0 spiro atoms. The van der Waals surface area contributed by atoms with Gasteiger partial charge in [-0.05, 0) is 112 Å². The number of aliphatic hydroxyl groups excluding tert-OH is 4. The predicted molar refractivity (Wildman–Crippen MR) is 218 cm³/mol. The highest BCUT2D eigenvalue weighted by Gasteiger charge is 2.67. The van der Waals surface area contributed by atoms with E-state index in [0.717, 1.165) is 39.2 Å². The van der Waals surface area contributed by atoms with E-state index >= 15 is 0 Å². The number of fused-ring (bicyclic) bond motifs is 4. The Morgan fingerprint density at radius 3 is 2.17 bits per heavy atom. The van der Waals surface area contributed by atoms with Gasteiger partial charge in [-0.25, -0.2) is 4.79 Å². The quantitative estimate of drug-likeness (QED) is 0.0978. The van der Waals surface area contributed by atoms with Crippen LogP contribution in [0.3, 0.4) is 0 Å². The molecule has 0 saturated heterocycles. The van der Waals surface area contributed by atoms with Gasteiger partial charge in [0, 0.05) is 5.41 Å². The molecule has 12 heteroatoms. The van der Waals surface area contributed by atoms with Crippen LogP contribution < -0.4 is 5.32 Å². The fourth-order valence-corrected chi connectivity index (χ4v) is 12.2. The second kappa shape index (κ2) is 16.5. The van der Waals surface area contributed by atoms with Gasteiger partial charge in [0.05, 0.1) is 49.5 Å². The molecule has 1 aromatic carbocycles. The Labute approximate surface area is 344 Å². The van der Waals surface area contributed by atoms with Gasteiger partial charge in [0.1, 0.15) is 12.2 Å². The van der Waals surface area contributed by atoms with Gasteiger partial charge in [-0.15, -0.1) is 0 Å². The number of carbonyl (C=O) groups excluding carboxylic acids is 3. The molecule has 0 heterocycles. The molecule has 13 atom stereocenters. The summed E-state index contributed by atoms with van der Waals surface area (Å²) in [5, 5.41) is 69.6. The summed E-state index contributed by atoms with van der Waals surface area (Å²) in [6.45, 7) is 17.5. The zero-order valence-corrected chi connectivity index (χ0v) is 36.4. The molecule has 4 aliphatic carbocycles. The lowest BCUT2D eigenvalue weighted by molar-refractivity contribution is -0.193. The van der Waals surface area contributed by atoms with Gasteiger partial charge in [0.15, 0.2) is 6.04 Å². The number of esters is 2. The summed E-state index contributed by atoms with van der Waals surface area (Å²) in [6.07, 6.45) is -0.361. The molecule has 13 unspecified atom stereocenters. The van der Waals surface area contributed by atoms with E-state index in [1.54, 1.807) is 44.2 Å². The molecule has 2 saturated carbocycles. The van der Waals surface area contributed by atoms with Crippen molar-refractivity contribution in [3.05, 3.63) is 47.0 Å². The minimum absolute atomic E-state index is 0.0455. The molecule has 326 valence electrons. The SMILES string of the molecule is COC(=O)C(NC(=O)CC(C)(O)CC(=O)OC1CC2(C)C3=C(CCC2C(C)(C)C1O)C1(C)CCC(C(C)CCC(O)C(C)(C)O)C1(C)C(O)C3)C(O)c1ccccc1. The highest BCUT2D eigenvalue weighted by Crippen LogP contribution is 2.72. The van der Waals surface area contributed by atoms with Crippen LogP contribution in [0.2, 0.25) is 0 Å². The first kappa shape index (κ1) is 46.2.